The number of ether oxygens (including phenoxy) is 1. The smallest absolute Gasteiger partial charge is 0.259 e. The van der Waals surface area contributed by atoms with Crippen LogP contribution >= 0.6 is 0 Å². The summed E-state index contributed by atoms with van der Waals surface area (Å²) < 4.78 is 5.53. The molecule has 4 aromatic rings. The van der Waals surface area contributed by atoms with Crippen LogP contribution in [0.15, 0.2) is 65.5 Å². The third kappa shape index (κ3) is 2.52. The SMILES string of the molecule is CCOc1ccc2cc(-c3nc4ccccc4c(=O)[nH]3)ccc2c1. The Labute approximate surface area is 138 Å². The van der Waals surface area contributed by atoms with Crippen LogP contribution in [0.5, 0.6) is 5.75 Å². The first-order chi connectivity index (χ1) is 11.7. The van der Waals surface area contributed by atoms with Crippen LogP contribution in [0.4, 0.5) is 0 Å². The van der Waals surface area contributed by atoms with E-state index in [9.17, 15) is 4.79 Å². The average molecular weight is 316 g/mol. The number of aromatic nitrogens is 2. The fourth-order valence-corrected chi connectivity index (χ4v) is 2.85. The van der Waals surface area contributed by atoms with Crippen LogP contribution < -0.4 is 10.3 Å². The summed E-state index contributed by atoms with van der Waals surface area (Å²) in [6.07, 6.45) is 0. The monoisotopic (exact) mass is 316 g/mol. The molecule has 0 atom stereocenters. The lowest BCUT2D eigenvalue weighted by Gasteiger charge is -2.07. The Bertz CT molecular complexity index is 1100. The molecule has 0 radical (unpaired) electrons. The molecular formula is C20H16N2O2. The average Bonchev–Trinajstić information content (AvgIpc) is 2.61. The summed E-state index contributed by atoms with van der Waals surface area (Å²) in [6.45, 7) is 2.61. The molecule has 4 rings (SSSR count). The highest BCUT2D eigenvalue weighted by molar-refractivity contribution is 5.88. The number of aromatic amines is 1. The van der Waals surface area contributed by atoms with Crippen molar-refractivity contribution in [1.82, 2.24) is 9.97 Å². The lowest BCUT2D eigenvalue weighted by atomic mass is 10.1. The topological polar surface area (TPSA) is 55.0 Å². The summed E-state index contributed by atoms with van der Waals surface area (Å²) >= 11 is 0. The Morgan fingerprint density at radius 2 is 1.79 bits per heavy atom. The first-order valence-electron chi connectivity index (χ1n) is 7.90. The number of benzene rings is 3. The molecule has 4 nitrogen and oxygen atoms in total. The summed E-state index contributed by atoms with van der Waals surface area (Å²) in [5.41, 5.74) is 1.46. The third-order valence-corrected chi connectivity index (χ3v) is 4.01. The molecule has 0 saturated carbocycles. The molecule has 0 saturated heterocycles. The Morgan fingerprint density at radius 1 is 1.00 bits per heavy atom. The fraction of sp³-hybridized carbons (Fsp3) is 0.100. The van der Waals surface area contributed by atoms with Gasteiger partial charge in [-0.25, -0.2) is 4.98 Å². The van der Waals surface area contributed by atoms with Crippen molar-refractivity contribution in [3.05, 3.63) is 71.0 Å². The molecule has 0 amide bonds. The quantitative estimate of drug-likeness (QED) is 0.618. The van der Waals surface area contributed by atoms with Crippen LogP contribution in [0.25, 0.3) is 33.1 Å². The number of para-hydroxylation sites is 1. The second kappa shape index (κ2) is 5.81. The van der Waals surface area contributed by atoms with Crippen molar-refractivity contribution >= 4 is 21.7 Å². The lowest BCUT2D eigenvalue weighted by Crippen LogP contribution is -2.09. The van der Waals surface area contributed by atoms with E-state index in [-0.39, 0.29) is 5.56 Å². The van der Waals surface area contributed by atoms with Gasteiger partial charge < -0.3 is 9.72 Å². The number of nitrogens with zero attached hydrogens (tertiary/aromatic N) is 1. The number of hydrogen-bond donors (Lipinski definition) is 1. The molecule has 0 bridgehead atoms. The van der Waals surface area contributed by atoms with Crippen molar-refractivity contribution in [1.29, 1.82) is 0 Å². The van der Waals surface area contributed by atoms with Gasteiger partial charge >= 0.3 is 0 Å². The van der Waals surface area contributed by atoms with Crippen LogP contribution in [-0.2, 0) is 0 Å². The maximum Gasteiger partial charge on any atom is 0.259 e. The molecule has 0 aliphatic rings. The number of hydrogen-bond acceptors (Lipinski definition) is 3. The number of nitrogens with one attached hydrogen (secondary N) is 1. The van der Waals surface area contributed by atoms with E-state index >= 15 is 0 Å². The molecular weight excluding hydrogens is 300 g/mol. The maximum absolute atomic E-state index is 12.2. The van der Waals surface area contributed by atoms with Gasteiger partial charge in [0.05, 0.1) is 17.5 Å². The maximum atomic E-state index is 12.2. The van der Waals surface area contributed by atoms with Crippen LogP contribution in [0.2, 0.25) is 0 Å². The molecule has 3 aromatic carbocycles. The minimum absolute atomic E-state index is 0.123. The van der Waals surface area contributed by atoms with Crippen molar-refractivity contribution < 1.29 is 4.74 Å². The van der Waals surface area contributed by atoms with Gasteiger partial charge in [-0.3, -0.25) is 4.79 Å². The van der Waals surface area contributed by atoms with Crippen molar-refractivity contribution in [3.63, 3.8) is 0 Å². The summed E-state index contributed by atoms with van der Waals surface area (Å²) in [5.74, 6) is 1.43. The number of fused-ring (bicyclic) bond motifs is 2. The van der Waals surface area contributed by atoms with Crippen LogP contribution in [0.3, 0.4) is 0 Å². The highest BCUT2D eigenvalue weighted by Crippen LogP contribution is 2.25. The number of rotatable bonds is 3. The molecule has 0 aliphatic heterocycles. The van der Waals surface area contributed by atoms with E-state index in [1.165, 1.54) is 0 Å². The van der Waals surface area contributed by atoms with E-state index < -0.39 is 0 Å². The molecule has 1 N–H and O–H groups in total. The van der Waals surface area contributed by atoms with Crippen molar-refractivity contribution in [2.75, 3.05) is 6.61 Å². The van der Waals surface area contributed by atoms with Gasteiger partial charge in [0.1, 0.15) is 11.6 Å². The van der Waals surface area contributed by atoms with E-state index in [4.69, 9.17) is 4.74 Å². The van der Waals surface area contributed by atoms with Gasteiger partial charge in [0.2, 0.25) is 0 Å². The standard InChI is InChI=1S/C20H16N2O2/c1-2-24-16-10-9-13-11-15(8-7-14(13)12-16)19-21-18-6-4-3-5-17(18)20(23)22-19/h3-12H,2H2,1H3,(H,21,22,23). The minimum Gasteiger partial charge on any atom is -0.494 e. The molecule has 0 unspecified atom stereocenters. The van der Waals surface area contributed by atoms with E-state index in [0.29, 0.717) is 23.3 Å². The van der Waals surface area contributed by atoms with Gasteiger partial charge in [-0.1, -0.05) is 30.3 Å². The van der Waals surface area contributed by atoms with Gasteiger partial charge in [-0.05, 0) is 48.0 Å². The lowest BCUT2D eigenvalue weighted by molar-refractivity contribution is 0.341. The van der Waals surface area contributed by atoms with Crippen LogP contribution in [0, 0.1) is 0 Å². The normalized spacial score (nSPS) is 11.0. The van der Waals surface area contributed by atoms with E-state index in [1.807, 2.05) is 61.5 Å². The fourth-order valence-electron chi connectivity index (χ4n) is 2.85. The molecule has 4 heteroatoms. The Balaban J connectivity index is 1.84. The first-order valence-corrected chi connectivity index (χ1v) is 7.90. The zero-order valence-corrected chi connectivity index (χ0v) is 13.2. The minimum atomic E-state index is -0.123. The molecule has 0 spiro atoms. The third-order valence-electron chi connectivity index (χ3n) is 4.01. The highest BCUT2D eigenvalue weighted by Gasteiger charge is 2.07. The van der Waals surface area contributed by atoms with Crippen LogP contribution in [-0.4, -0.2) is 16.6 Å². The van der Waals surface area contributed by atoms with Crippen molar-refractivity contribution in [2.45, 2.75) is 6.92 Å². The van der Waals surface area contributed by atoms with E-state index in [0.717, 1.165) is 22.1 Å². The highest BCUT2D eigenvalue weighted by atomic mass is 16.5. The predicted molar refractivity (Wildman–Crippen MR) is 96.5 cm³/mol. The Hall–Kier alpha value is -3.14. The van der Waals surface area contributed by atoms with Gasteiger partial charge in [0, 0.05) is 5.56 Å². The van der Waals surface area contributed by atoms with Gasteiger partial charge in [0.15, 0.2) is 0 Å². The zero-order chi connectivity index (χ0) is 16.5. The molecule has 1 aromatic heterocycles. The second-order valence-electron chi connectivity index (χ2n) is 5.59. The molecule has 1 heterocycles. The first kappa shape index (κ1) is 14.5. The van der Waals surface area contributed by atoms with E-state index in [1.54, 1.807) is 6.07 Å². The van der Waals surface area contributed by atoms with E-state index in [2.05, 4.69) is 9.97 Å². The summed E-state index contributed by atoms with van der Waals surface area (Å²) in [5, 5.41) is 2.77. The van der Waals surface area contributed by atoms with Gasteiger partial charge in [0.25, 0.3) is 5.56 Å². The molecule has 0 fully saturated rings. The van der Waals surface area contributed by atoms with Crippen LogP contribution in [0.1, 0.15) is 6.92 Å². The van der Waals surface area contributed by atoms with Crippen molar-refractivity contribution in [3.8, 4) is 17.1 Å². The second-order valence-corrected chi connectivity index (χ2v) is 5.59. The predicted octanol–water partition coefficient (Wildman–Crippen LogP) is 4.14. The summed E-state index contributed by atoms with van der Waals surface area (Å²) in [4.78, 5) is 19.7. The molecule has 118 valence electrons. The molecule has 0 aliphatic carbocycles. The largest absolute Gasteiger partial charge is 0.494 e. The summed E-state index contributed by atoms with van der Waals surface area (Å²) in [7, 11) is 0. The van der Waals surface area contributed by atoms with Gasteiger partial charge in [-0.15, -0.1) is 0 Å². The van der Waals surface area contributed by atoms with Crippen molar-refractivity contribution in [2.24, 2.45) is 0 Å². The Kier molecular flexibility index (Phi) is 3.50. The Morgan fingerprint density at radius 3 is 2.67 bits per heavy atom. The molecule has 24 heavy (non-hydrogen) atoms. The number of H-pyrrole nitrogens is 1. The van der Waals surface area contributed by atoms with Gasteiger partial charge in [-0.2, -0.15) is 0 Å². The summed E-state index contributed by atoms with van der Waals surface area (Å²) in [6, 6.07) is 19.3. The zero-order valence-electron chi connectivity index (χ0n) is 13.2.